The average molecular weight is 450 g/mol. The molecule has 2 aromatic heterocycles. The Labute approximate surface area is 183 Å². The van der Waals surface area contributed by atoms with Gasteiger partial charge in [-0.3, -0.25) is 0 Å². The predicted molar refractivity (Wildman–Crippen MR) is 121 cm³/mol. The van der Waals surface area contributed by atoms with E-state index in [0.29, 0.717) is 22.3 Å². The number of nitrogens with two attached hydrogens (primary N) is 1. The summed E-state index contributed by atoms with van der Waals surface area (Å²) >= 11 is 6.05. The lowest BCUT2D eigenvalue weighted by atomic mass is 10.1. The Kier molecular flexibility index (Phi) is 4.66. The van der Waals surface area contributed by atoms with Gasteiger partial charge in [0.1, 0.15) is 5.58 Å². The Balaban J connectivity index is 1.67. The molecule has 0 aliphatic heterocycles. The molecule has 6 nitrogen and oxygen atoms in total. The number of rotatable bonds is 4. The van der Waals surface area contributed by atoms with Crippen molar-refractivity contribution in [3.05, 3.63) is 83.9 Å². The monoisotopic (exact) mass is 449 g/mol. The van der Waals surface area contributed by atoms with E-state index in [1.165, 1.54) is 12.1 Å². The van der Waals surface area contributed by atoms with Crippen molar-refractivity contribution in [3.63, 3.8) is 0 Å². The van der Waals surface area contributed by atoms with E-state index >= 15 is 0 Å². The Morgan fingerprint density at radius 1 is 0.903 bits per heavy atom. The number of aromatic nitrogens is 2. The quantitative estimate of drug-likeness (QED) is 0.380. The van der Waals surface area contributed by atoms with Gasteiger partial charge in [0.05, 0.1) is 16.3 Å². The molecule has 0 spiro atoms. The zero-order chi connectivity index (χ0) is 21.6. The molecular weight excluding hydrogens is 434 g/mol. The van der Waals surface area contributed by atoms with Crippen molar-refractivity contribution in [2.24, 2.45) is 5.14 Å². The summed E-state index contributed by atoms with van der Waals surface area (Å²) in [6, 6.07) is 23.3. The summed E-state index contributed by atoms with van der Waals surface area (Å²) < 4.78 is 29.2. The summed E-state index contributed by atoms with van der Waals surface area (Å²) in [4.78, 5) is 8.16. The first-order valence-electron chi connectivity index (χ1n) is 9.37. The molecule has 0 amide bonds. The fourth-order valence-corrected chi connectivity index (χ4v) is 4.07. The molecule has 154 valence electrons. The summed E-state index contributed by atoms with van der Waals surface area (Å²) in [6.07, 6.45) is 0. The largest absolute Gasteiger partial charge is 0.453 e. The standard InChI is InChI=1S/C23H16ClN3O3S/c24-17-9-5-14(6-10-17)21-22(15-7-11-18(12-8-15)31(25,28)29)27-23(26-21)20-13-16-3-1-2-4-19(16)30-20/h1-13H,(H,26,27)(H2,25,28,29). The van der Waals surface area contributed by atoms with Crippen LogP contribution in [-0.4, -0.2) is 18.4 Å². The predicted octanol–water partition coefficient (Wildman–Crippen LogP) is 5.46. The highest BCUT2D eigenvalue weighted by molar-refractivity contribution is 7.89. The molecule has 3 aromatic carbocycles. The lowest BCUT2D eigenvalue weighted by Crippen LogP contribution is -2.11. The molecule has 5 rings (SSSR count). The van der Waals surface area contributed by atoms with E-state index in [9.17, 15) is 8.42 Å². The number of halogens is 1. The van der Waals surface area contributed by atoms with Crippen molar-refractivity contribution in [1.29, 1.82) is 0 Å². The third-order valence-corrected chi connectivity index (χ3v) is 6.13. The zero-order valence-corrected chi connectivity index (χ0v) is 17.6. The van der Waals surface area contributed by atoms with Gasteiger partial charge in [-0.1, -0.05) is 54.1 Å². The molecule has 31 heavy (non-hydrogen) atoms. The minimum Gasteiger partial charge on any atom is -0.453 e. The first kappa shape index (κ1) is 19.6. The fourth-order valence-electron chi connectivity index (χ4n) is 3.43. The van der Waals surface area contributed by atoms with Crippen molar-refractivity contribution in [3.8, 4) is 34.1 Å². The number of primary sulfonamides is 1. The first-order chi connectivity index (χ1) is 14.9. The van der Waals surface area contributed by atoms with Crippen LogP contribution in [0, 0.1) is 0 Å². The van der Waals surface area contributed by atoms with E-state index in [-0.39, 0.29) is 4.90 Å². The van der Waals surface area contributed by atoms with Crippen molar-refractivity contribution < 1.29 is 12.8 Å². The molecule has 0 aliphatic rings. The number of benzene rings is 3. The number of hydrogen-bond donors (Lipinski definition) is 2. The Morgan fingerprint density at radius 2 is 1.58 bits per heavy atom. The van der Waals surface area contributed by atoms with Crippen LogP contribution < -0.4 is 5.14 Å². The topological polar surface area (TPSA) is 102 Å². The Hall–Kier alpha value is -3.39. The molecule has 0 aliphatic carbocycles. The maximum atomic E-state index is 11.6. The molecule has 8 heteroatoms. The maximum absolute atomic E-state index is 11.6. The normalized spacial score (nSPS) is 11.8. The first-order valence-corrected chi connectivity index (χ1v) is 11.3. The molecule has 0 unspecified atom stereocenters. The van der Waals surface area contributed by atoms with Crippen LogP contribution in [-0.2, 0) is 10.0 Å². The second-order valence-corrected chi connectivity index (χ2v) is 9.03. The van der Waals surface area contributed by atoms with Crippen LogP contribution >= 0.6 is 11.6 Å². The van der Waals surface area contributed by atoms with E-state index < -0.39 is 10.0 Å². The van der Waals surface area contributed by atoms with Gasteiger partial charge < -0.3 is 9.40 Å². The van der Waals surface area contributed by atoms with Gasteiger partial charge in [-0.05, 0) is 36.4 Å². The number of hydrogen-bond acceptors (Lipinski definition) is 4. The number of sulfonamides is 1. The number of fused-ring (bicyclic) bond motifs is 1. The molecule has 2 heterocycles. The van der Waals surface area contributed by atoms with E-state index in [2.05, 4.69) is 4.98 Å². The number of nitrogens with one attached hydrogen (secondary N) is 1. The van der Waals surface area contributed by atoms with Crippen LogP contribution in [0.5, 0.6) is 0 Å². The van der Waals surface area contributed by atoms with Crippen molar-refractivity contribution in [2.75, 3.05) is 0 Å². The number of H-pyrrole nitrogens is 1. The van der Waals surface area contributed by atoms with Gasteiger partial charge in [0.2, 0.25) is 10.0 Å². The molecule has 5 aromatic rings. The highest BCUT2D eigenvalue weighted by Crippen LogP contribution is 2.35. The number of nitrogens with zero attached hydrogens (tertiary/aromatic N) is 1. The van der Waals surface area contributed by atoms with Crippen LogP contribution in [0.2, 0.25) is 5.02 Å². The number of para-hydroxylation sites is 1. The smallest absolute Gasteiger partial charge is 0.238 e. The van der Waals surface area contributed by atoms with E-state index in [0.717, 1.165) is 27.8 Å². The number of imidazole rings is 1. The van der Waals surface area contributed by atoms with Gasteiger partial charge >= 0.3 is 0 Å². The molecule has 0 bridgehead atoms. The molecule has 3 N–H and O–H groups in total. The minimum absolute atomic E-state index is 0.0429. The zero-order valence-electron chi connectivity index (χ0n) is 16.0. The lowest BCUT2D eigenvalue weighted by molar-refractivity contribution is 0.598. The highest BCUT2D eigenvalue weighted by Gasteiger charge is 2.18. The van der Waals surface area contributed by atoms with Crippen molar-refractivity contribution in [1.82, 2.24) is 9.97 Å². The summed E-state index contributed by atoms with van der Waals surface area (Å²) in [6.45, 7) is 0. The minimum atomic E-state index is -3.78. The van der Waals surface area contributed by atoms with Gasteiger partial charge in [0, 0.05) is 21.5 Å². The van der Waals surface area contributed by atoms with Crippen molar-refractivity contribution >= 4 is 32.6 Å². The van der Waals surface area contributed by atoms with E-state index in [1.54, 1.807) is 24.3 Å². The van der Waals surface area contributed by atoms with E-state index in [4.69, 9.17) is 26.1 Å². The van der Waals surface area contributed by atoms with Gasteiger partial charge in [-0.15, -0.1) is 0 Å². The summed E-state index contributed by atoms with van der Waals surface area (Å²) in [5.41, 5.74) is 3.79. The lowest BCUT2D eigenvalue weighted by Gasteiger charge is -2.05. The average Bonchev–Trinajstić information content (AvgIpc) is 3.38. The van der Waals surface area contributed by atoms with Crippen LogP contribution in [0.15, 0.2) is 88.2 Å². The third kappa shape index (κ3) is 3.74. The summed E-state index contributed by atoms with van der Waals surface area (Å²) in [5, 5.41) is 6.82. The number of aromatic amines is 1. The molecule has 0 radical (unpaired) electrons. The summed E-state index contributed by atoms with van der Waals surface area (Å²) in [5.74, 6) is 1.16. The molecule has 0 saturated heterocycles. The van der Waals surface area contributed by atoms with Gasteiger partial charge in [0.15, 0.2) is 11.6 Å². The SMILES string of the molecule is NS(=O)(=O)c1ccc(-c2[nH]c(-c3cc4ccccc4o3)nc2-c2ccc(Cl)cc2)cc1. The van der Waals surface area contributed by atoms with E-state index in [1.807, 2.05) is 42.5 Å². The van der Waals surface area contributed by atoms with Crippen LogP contribution in [0.25, 0.3) is 45.1 Å². The third-order valence-electron chi connectivity index (χ3n) is 4.95. The molecule has 0 fully saturated rings. The number of furan rings is 1. The van der Waals surface area contributed by atoms with Crippen LogP contribution in [0.4, 0.5) is 0 Å². The van der Waals surface area contributed by atoms with Crippen LogP contribution in [0.3, 0.4) is 0 Å². The molecule has 0 saturated carbocycles. The maximum Gasteiger partial charge on any atom is 0.238 e. The fraction of sp³-hybridized carbons (Fsp3) is 0. The van der Waals surface area contributed by atoms with Crippen LogP contribution in [0.1, 0.15) is 0 Å². The Morgan fingerprint density at radius 3 is 2.26 bits per heavy atom. The second-order valence-electron chi connectivity index (χ2n) is 7.03. The molecular formula is C23H16ClN3O3S. The van der Waals surface area contributed by atoms with Gasteiger partial charge in [-0.2, -0.15) is 0 Å². The van der Waals surface area contributed by atoms with Gasteiger partial charge in [-0.25, -0.2) is 18.5 Å². The summed E-state index contributed by atoms with van der Waals surface area (Å²) in [7, 11) is -3.78. The Bertz CT molecular complexity index is 1470. The molecule has 0 atom stereocenters. The van der Waals surface area contributed by atoms with Gasteiger partial charge in [0.25, 0.3) is 0 Å². The second kappa shape index (κ2) is 7.39. The highest BCUT2D eigenvalue weighted by atomic mass is 35.5. The van der Waals surface area contributed by atoms with Crippen molar-refractivity contribution in [2.45, 2.75) is 4.90 Å².